The first-order valence-electron chi connectivity index (χ1n) is 11.3. The van der Waals surface area contributed by atoms with Crippen molar-refractivity contribution in [2.75, 3.05) is 6.61 Å². The Morgan fingerprint density at radius 1 is 0.848 bits per heavy atom. The van der Waals surface area contributed by atoms with Gasteiger partial charge in [0.1, 0.15) is 12.6 Å². The van der Waals surface area contributed by atoms with Crippen molar-refractivity contribution in [1.29, 1.82) is 0 Å². The van der Waals surface area contributed by atoms with E-state index in [9.17, 15) is 14.4 Å². The monoisotopic (exact) mass is 446 g/mol. The summed E-state index contributed by atoms with van der Waals surface area (Å²) >= 11 is 0. The normalized spacial score (nSPS) is 15.3. The quantitative estimate of drug-likeness (QED) is 0.452. The summed E-state index contributed by atoms with van der Waals surface area (Å²) in [5.41, 5.74) is 1.73. The molecule has 0 aromatic heterocycles. The van der Waals surface area contributed by atoms with E-state index in [1.165, 1.54) is 18.6 Å². The van der Waals surface area contributed by atoms with Crippen molar-refractivity contribution in [2.45, 2.75) is 44.2 Å². The highest BCUT2D eigenvalue weighted by atomic mass is 16.5. The van der Waals surface area contributed by atoms with E-state index in [2.05, 4.69) is 10.6 Å². The Hall–Kier alpha value is -3.67. The van der Waals surface area contributed by atoms with Crippen LogP contribution in [-0.4, -0.2) is 36.5 Å². The molecule has 0 saturated heterocycles. The Morgan fingerprint density at radius 2 is 1.42 bits per heavy atom. The maximum atomic E-state index is 12.9. The summed E-state index contributed by atoms with van der Waals surface area (Å²) in [7, 11) is 0. The molecule has 1 saturated carbocycles. The van der Waals surface area contributed by atoms with Crippen LogP contribution in [0.2, 0.25) is 0 Å². The van der Waals surface area contributed by atoms with Gasteiger partial charge in [0.25, 0.3) is 0 Å². The van der Waals surface area contributed by atoms with Crippen LogP contribution in [0.5, 0.6) is 0 Å². The fraction of sp³-hybridized carbons (Fsp3) is 0.296. The first kappa shape index (κ1) is 24.0. The zero-order valence-electron chi connectivity index (χ0n) is 18.6. The number of rotatable bonds is 9. The largest absolute Gasteiger partial charge is 0.460 e. The molecule has 0 spiro atoms. The summed E-state index contributed by atoms with van der Waals surface area (Å²) in [5.74, 6) is -1.36. The lowest BCUT2D eigenvalue weighted by atomic mass is 9.95. The summed E-state index contributed by atoms with van der Waals surface area (Å²) in [6.45, 7) is -0.249. The molecule has 172 valence electrons. The molecule has 0 heterocycles. The molecule has 6 nitrogen and oxygen atoms in total. The second-order valence-corrected chi connectivity index (χ2v) is 8.02. The summed E-state index contributed by atoms with van der Waals surface area (Å²) in [6.07, 6.45) is 11.1. The number of hydrogen-bond donors (Lipinski definition) is 2. The number of carbonyl (C=O) groups excluding carboxylic acids is 3. The molecule has 2 aromatic carbocycles. The Kier molecular flexibility index (Phi) is 9.45. The molecule has 0 unspecified atom stereocenters. The van der Waals surface area contributed by atoms with E-state index in [1.54, 1.807) is 12.2 Å². The zero-order chi connectivity index (χ0) is 23.3. The molecule has 2 N–H and O–H groups in total. The second kappa shape index (κ2) is 13.0. The summed E-state index contributed by atoms with van der Waals surface area (Å²) < 4.78 is 5.27. The van der Waals surface area contributed by atoms with Crippen LogP contribution in [0.3, 0.4) is 0 Å². The maximum Gasteiger partial charge on any atom is 0.330 e. The minimum absolute atomic E-state index is 0.0826. The predicted octanol–water partition coefficient (Wildman–Crippen LogP) is 3.89. The number of benzene rings is 2. The smallest absolute Gasteiger partial charge is 0.330 e. The molecule has 33 heavy (non-hydrogen) atoms. The molecule has 0 radical (unpaired) electrons. The lowest BCUT2D eigenvalue weighted by Crippen LogP contribution is -2.52. The number of amides is 2. The minimum atomic E-state index is -0.978. The van der Waals surface area contributed by atoms with Crippen molar-refractivity contribution in [3.8, 4) is 0 Å². The van der Waals surface area contributed by atoms with Gasteiger partial charge in [-0.25, -0.2) is 4.79 Å². The molecule has 1 fully saturated rings. The highest BCUT2D eigenvalue weighted by Gasteiger charge is 2.25. The van der Waals surface area contributed by atoms with E-state index in [4.69, 9.17) is 4.74 Å². The van der Waals surface area contributed by atoms with Gasteiger partial charge < -0.3 is 15.4 Å². The SMILES string of the molecule is O=C(/C=C/c1ccccc1)N[C@@H](COC(=O)/C=C/c1ccccc1)C(=O)NC1CCCCC1. The van der Waals surface area contributed by atoms with Crippen LogP contribution in [-0.2, 0) is 19.1 Å². The van der Waals surface area contributed by atoms with Crippen molar-refractivity contribution in [3.05, 3.63) is 83.9 Å². The molecule has 2 aromatic rings. The second-order valence-electron chi connectivity index (χ2n) is 8.02. The van der Waals surface area contributed by atoms with Gasteiger partial charge in [0, 0.05) is 18.2 Å². The lowest BCUT2D eigenvalue weighted by Gasteiger charge is -2.25. The van der Waals surface area contributed by atoms with Gasteiger partial charge in [-0.05, 0) is 36.1 Å². The van der Waals surface area contributed by atoms with Crippen molar-refractivity contribution < 1.29 is 19.1 Å². The van der Waals surface area contributed by atoms with Crippen molar-refractivity contribution in [1.82, 2.24) is 10.6 Å². The summed E-state index contributed by atoms with van der Waals surface area (Å²) in [5, 5.41) is 5.66. The predicted molar refractivity (Wildman–Crippen MR) is 129 cm³/mol. The van der Waals surface area contributed by atoms with Crippen LogP contribution >= 0.6 is 0 Å². The lowest BCUT2D eigenvalue weighted by molar-refractivity contribution is -0.141. The molecule has 1 aliphatic rings. The summed E-state index contributed by atoms with van der Waals surface area (Å²) in [4.78, 5) is 37.5. The van der Waals surface area contributed by atoms with Gasteiger partial charge >= 0.3 is 5.97 Å². The summed E-state index contributed by atoms with van der Waals surface area (Å²) in [6, 6.07) is 17.9. The topological polar surface area (TPSA) is 84.5 Å². The molecule has 1 atom stereocenters. The number of ether oxygens (including phenoxy) is 1. The van der Waals surface area contributed by atoms with E-state index >= 15 is 0 Å². The molecule has 1 aliphatic carbocycles. The van der Waals surface area contributed by atoms with Gasteiger partial charge in [-0.15, -0.1) is 0 Å². The minimum Gasteiger partial charge on any atom is -0.460 e. The number of hydrogen-bond acceptors (Lipinski definition) is 4. The Morgan fingerprint density at radius 3 is 2.03 bits per heavy atom. The van der Waals surface area contributed by atoms with Gasteiger partial charge in [0.2, 0.25) is 11.8 Å². The van der Waals surface area contributed by atoms with Gasteiger partial charge in [0.15, 0.2) is 0 Å². The first-order valence-corrected chi connectivity index (χ1v) is 11.3. The van der Waals surface area contributed by atoms with Gasteiger partial charge in [-0.1, -0.05) is 79.9 Å². The van der Waals surface area contributed by atoms with Crippen LogP contribution in [0.25, 0.3) is 12.2 Å². The number of nitrogens with one attached hydrogen (secondary N) is 2. The van der Waals surface area contributed by atoms with E-state index < -0.39 is 17.9 Å². The van der Waals surface area contributed by atoms with E-state index in [1.807, 2.05) is 60.7 Å². The van der Waals surface area contributed by atoms with Gasteiger partial charge in [0.05, 0.1) is 0 Å². The third-order valence-corrected chi connectivity index (χ3v) is 5.41. The van der Waals surface area contributed by atoms with Crippen LogP contribution in [0.1, 0.15) is 43.2 Å². The highest BCUT2D eigenvalue weighted by molar-refractivity contribution is 5.96. The van der Waals surface area contributed by atoms with Gasteiger partial charge in [-0.3, -0.25) is 9.59 Å². The molecule has 6 heteroatoms. The van der Waals surface area contributed by atoms with Crippen LogP contribution < -0.4 is 10.6 Å². The average molecular weight is 447 g/mol. The fourth-order valence-corrected chi connectivity index (χ4v) is 3.63. The molecule has 0 bridgehead atoms. The molecule has 0 aliphatic heterocycles. The molecule has 3 rings (SSSR count). The molecular weight excluding hydrogens is 416 g/mol. The Labute approximate surface area is 194 Å². The van der Waals surface area contributed by atoms with Crippen molar-refractivity contribution >= 4 is 29.9 Å². The van der Waals surface area contributed by atoms with Crippen LogP contribution in [0.15, 0.2) is 72.8 Å². The fourth-order valence-electron chi connectivity index (χ4n) is 3.63. The molecule has 2 amide bonds. The van der Waals surface area contributed by atoms with Crippen molar-refractivity contribution in [3.63, 3.8) is 0 Å². The third-order valence-electron chi connectivity index (χ3n) is 5.41. The highest BCUT2D eigenvalue weighted by Crippen LogP contribution is 2.17. The average Bonchev–Trinajstić information content (AvgIpc) is 2.86. The third kappa shape index (κ3) is 8.77. The Bertz CT molecular complexity index is 964. The van der Waals surface area contributed by atoms with E-state index in [0.717, 1.165) is 36.8 Å². The Balaban J connectivity index is 1.59. The first-order chi connectivity index (χ1) is 16.1. The standard InChI is InChI=1S/C27H30N2O4/c30-25(18-16-21-10-4-1-5-11-21)29-24(27(32)28-23-14-8-3-9-15-23)20-33-26(31)19-17-22-12-6-2-7-13-22/h1-2,4-7,10-13,16-19,23-24H,3,8-9,14-15,20H2,(H,28,32)(H,29,30)/b18-16+,19-17+/t24-/m0/s1. The number of esters is 1. The van der Waals surface area contributed by atoms with Crippen LogP contribution in [0, 0.1) is 0 Å². The van der Waals surface area contributed by atoms with Crippen molar-refractivity contribution in [2.24, 2.45) is 0 Å². The van der Waals surface area contributed by atoms with E-state index in [-0.39, 0.29) is 18.6 Å². The van der Waals surface area contributed by atoms with Crippen LogP contribution in [0.4, 0.5) is 0 Å². The van der Waals surface area contributed by atoms with E-state index in [0.29, 0.717) is 0 Å². The molecular formula is C27H30N2O4. The van der Waals surface area contributed by atoms with Gasteiger partial charge in [-0.2, -0.15) is 0 Å². The number of carbonyl (C=O) groups is 3. The zero-order valence-corrected chi connectivity index (χ0v) is 18.6. The maximum absolute atomic E-state index is 12.9.